The Hall–Kier alpha value is -2.16. The van der Waals surface area contributed by atoms with Gasteiger partial charge in [0.2, 0.25) is 11.8 Å². The van der Waals surface area contributed by atoms with Gasteiger partial charge in [0.05, 0.1) is 19.6 Å². The van der Waals surface area contributed by atoms with E-state index in [1.165, 1.54) is 27.9 Å². The summed E-state index contributed by atoms with van der Waals surface area (Å²) in [4.78, 5) is 45.3. The number of aliphatic carboxylic acids is 1. The Morgan fingerprint density at radius 3 is 2.19 bits per heavy atom. The summed E-state index contributed by atoms with van der Waals surface area (Å²) in [5.74, 6) is -3.25. The summed E-state index contributed by atoms with van der Waals surface area (Å²) >= 11 is 0. The molecule has 0 heterocycles. The summed E-state index contributed by atoms with van der Waals surface area (Å²) < 4.78 is 4.53. The van der Waals surface area contributed by atoms with Crippen molar-refractivity contribution in [3.05, 3.63) is 0 Å². The summed E-state index contributed by atoms with van der Waals surface area (Å²) in [6, 6.07) is -2.24. The van der Waals surface area contributed by atoms with Gasteiger partial charge in [-0.05, 0) is 20.8 Å². The zero-order chi connectivity index (χ0) is 16.8. The third-order valence-corrected chi connectivity index (χ3v) is 2.61. The van der Waals surface area contributed by atoms with E-state index in [1.807, 2.05) is 0 Å². The number of amides is 2. The molecule has 0 radical (unpaired) electrons. The van der Waals surface area contributed by atoms with E-state index >= 15 is 0 Å². The summed E-state index contributed by atoms with van der Waals surface area (Å²) in [5, 5.41) is 13.2. The minimum Gasteiger partial charge on any atom is -0.481 e. The normalized spacial score (nSPS) is 13.8. The lowest BCUT2D eigenvalue weighted by Gasteiger charge is -2.25. The summed E-state index contributed by atoms with van der Waals surface area (Å²) in [7, 11) is 1.19. The van der Waals surface area contributed by atoms with Gasteiger partial charge in [0.25, 0.3) is 0 Å². The first kappa shape index (κ1) is 18.8. The molecule has 0 aliphatic carbocycles. The first-order chi connectivity index (χ1) is 9.51. The SMILES string of the molecule is COC(=O)C(C)(C)NC(=O)[C@H](C)NC(=O)[C@@H](N)CC(=O)O. The van der Waals surface area contributed by atoms with Crippen LogP contribution in [0.5, 0.6) is 0 Å². The largest absolute Gasteiger partial charge is 0.481 e. The van der Waals surface area contributed by atoms with Gasteiger partial charge in [-0.25, -0.2) is 4.79 Å². The van der Waals surface area contributed by atoms with E-state index in [1.54, 1.807) is 0 Å². The van der Waals surface area contributed by atoms with Gasteiger partial charge in [0.1, 0.15) is 11.6 Å². The lowest BCUT2D eigenvalue weighted by Crippen LogP contribution is -2.57. The third-order valence-electron chi connectivity index (χ3n) is 2.61. The number of ether oxygens (including phenoxy) is 1. The molecular weight excluding hydrogens is 282 g/mol. The molecule has 0 bridgehead atoms. The molecule has 9 nitrogen and oxygen atoms in total. The summed E-state index contributed by atoms with van der Waals surface area (Å²) in [5.41, 5.74) is 4.11. The standard InChI is InChI=1S/C12H21N3O6/c1-6(14-10(19)7(13)5-8(16)17)9(18)15-12(2,3)11(20)21-4/h6-7H,5,13H2,1-4H3,(H,14,19)(H,15,18)(H,16,17)/t6-,7-/m0/s1. The second-order valence-electron chi connectivity index (χ2n) is 5.04. The number of hydrogen-bond donors (Lipinski definition) is 4. The number of nitrogens with two attached hydrogens (primary N) is 1. The average Bonchev–Trinajstić information content (AvgIpc) is 2.35. The van der Waals surface area contributed by atoms with Crippen molar-refractivity contribution in [2.75, 3.05) is 7.11 Å². The Labute approximate surface area is 122 Å². The van der Waals surface area contributed by atoms with E-state index in [2.05, 4.69) is 15.4 Å². The molecule has 0 aromatic carbocycles. The zero-order valence-corrected chi connectivity index (χ0v) is 12.4. The Balaban J connectivity index is 4.56. The van der Waals surface area contributed by atoms with Crippen LogP contribution in [0.2, 0.25) is 0 Å². The molecular formula is C12H21N3O6. The van der Waals surface area contributed by atoms with Gasteiger partial charge >= 0.3 is 11.9 Å². The van der Waals surface area contributed by atoms with Crippen LogP contribution in [0.4, 0.5) is 0 Å². The highest BCUT2D eigenvalue weighted by Gasteiger charge is 2.32. The van der Waals surface area contributed by atoms with Gasteiger partial charge in [-0.2, -0.15) is 0 Å². The number of nitrogens with one attached hydrogen (secondary N) is 2. The topological polar surface area (TPSA) is 148 Å². The second kappa shape index (κ2) is 7.58. The van der Waals surface area contributed by atoms with E-state index in [9.17, 15) is 19.2 Å². The highest BCUT2D eigenvalue weighted by molar-refractivity contribution is 5.93. The molecule has 0 aromatic rings. The fourth-order valence-corrected chi connectivity index (χ4v) is 1.39. The summed E-state index contributed by atoms with van der Waals surface area (Å²) in [6.07, 6.45) is -0.548. The number of carboxylic acids is 1. The predicted octanol–water partition coefficient (Wildman–Crippen LogP) is -1.64. The maximum atomic E-state index is 11.9. The first-order valence-electron chi connectivity index (χ1n) is 6.19. The Morgan fingerprint density at radius 2 is 1.76 bits per heavy atom. The van der Waals surface area contributed by atoms with Crippen molar-refractivity contribution in [3.8, 4) is 0 Å². The number of hydrogen-bond acceptors (Lipinski definition) is 6. The van der Waals surface area contributed by atoms with Crippen LogP contribution in [0, 0.1) is 0 Å². The Kier molecular flexibility index (Phi) is 6.80. The minimum atomic E-state index is -1.26. The molecule has 0 aromatic heterocycles. The molecule has 5 N–H and O–H groups in total. The summed E-state index contributed by atoms with van der Waals surface area (Å²) in [6.45, 7) is 4.27. The van der Waals surface area contributed by atoms with E-state index in [0.29, 0.717) is 0 Å². The van der Waals surface area contributed by atoms with Crippen molar-refractivity contribution in [1.29, 1.82) is 0 Å². The van der Waals surface area contributed by atoms with E-state index in [-0.39, 0.29) is 0 Å². The van der Waals surface area contributed by atoms with Crippen LogP contribution in [0.1, 0.15) is 27.2 Å². The van der Waals surface area contributed by atoms with Crippen LogP contribution in [0.15, 0.2) is 0 Å². The minimum absolute atomic E-state index is 0.548. The van der Waals surface area contributed by atoms with Gasteiger partial charge < -0.3 is 26.2 Å². The first-order valence-corrected chi connectivity index (χ1v) is 6.19. The maximum absolute atomic E-state index is 11.9. The molecule has 0 aliphatic heterocycles. The number of rotatable bonds is 7. The van der Waals surface area contributed by atoms with Crippen molar-refractivity contribution in [1.82, 2.24) is 10.6 Å². The lowest BCUT2D eigenvalue weighted by molar-refractivity contribution is -0.149. The van der Waals surface area contributed by atoms with Gasteiger partial charge in [-0.15, -0.1) is 0 Å². The van der Waals surface area contributed by atoms with Crippen LogP contribution < -0.4 is 16.4 Å². The van der Waals surface area contributed by atoms with Gasteiger partial charge in [-0.3, -0.25) is 14.4 Å². The molecule has 0 saturated carbocycles. The van der Waals surface area contributed by atoms with Crippen LogP contribution in [0.25, 0.3) is 0 Å². The van der Waals surface area contributed by atoms with E-state index in [4.69, 9.17) is 10.8 Å². The number of carboxylic acid groups (broad SMARTS) is 1. The van der Waals surface area contributed by atoms with Crippen LogP contribution >= 0.6 is 0 Å². The van der Waals surface area contributed by atoms with Gasteiger partial charge in [0, 0.05) is 0 Å². The van der Waals surface area contributed by atoms with Crippen LogP contribution in [-0.2, 0) is 23.9 Å². The highest BCUT2D eigenvalue weighted by Crippen LogP contribution is 2.05. The molecule has 0 spiro atoms. The van der Waals surface area contributed by atoms with Crippen LogP contribution in [-0.4, -0.2) is 53.6 Å². The molecule has 0 unspecified atom stereocenters. The van der Waals surface area contributed by atoms with E-state index in [0.717, 1.165) is 0 Å². The van der Waals surface area contributed by atoms with E-state index < -0.39 is 47.8 Å². The quantitative estimate of drug-likeness (QED) is 0.412. The Morgan fingerprint density at radius 1 is 1.24 bits per heavy atom. The lowest BCUT2D eigenvalue weighted by atomic mass is 10.1. The Bertz CT molecular complexity index is 435. The molecule has 2 amide bonds. The molecule has 9 heteroatoms. The monoisotopic (exact) mass is 303 g/mol. The second-order valence-corrected chi connectivity index (χ2v) is 5.04. The van der Waals surface area contributed by atoms with Crippen molar-refractivity contribution in [2.45, 2.75) is 44.8 Å². The molecule has 120 valence electrons. The van der Waals surface area contributed by atoms with Gasteiger partial charge in [-0.1, -0.05) is 0 Å². The molecule has 2 atom stereocenters. The molecule has 0 aliphatic rings. The molecule has 21 heavy (non-hydrogen) atoms. The fourth-order valence-electron chi connectivity index (χ4n) is 1.39. The van der Waals surface area contributed by atoms with Crippen LogP contribution in [0.3, 0.4) is 0 Å². The number of methoxy groups -OCH3 is 1. The number of carbonyl (C=O) groups excluding carboxylic acids is 3. The number of carbonyl (C=O) groups is 4. The zero-order valence-electron chi connectivity index (χ0n) is 12.4. The van der Waals surface area contributed by atoms with Gasteiger partial charge in [0.15, 0.2) is 0 Å². The van der Waals surface area contributed by atoms with Crippen molar-refractivity contribution >= 4 is 23.8 Å². The average molecular weight is 303 g/mol. The van der Waals surface area contributed by atoms with Crippen molar-refractivity contribution in [3.63, 3.8) is 0 Å². The molecule has 0 rings (SSSR count). The fraction of sp³-hybridized carbons (Fsp3) is 0.667. The van der Waals surface area contributed by atoms with Crippen molar-refractivity contribution in [2.24, 2.45) is 5.73 Å². The smallest absolute Gasteiger partial charge is 0.330 e. The maximum Gasteiger partial charge on any atom is 0.330 e. The number of esters is 1. The molecule has 0 saturated heterocycles. The predicted molar refractivity (Wildman–Crippen MR) is 72.1 cm³/mol. The highest BCUT2D eigenvalue weighted by atomic mass is 16.5. The third kappa shape index (κ3) is 6.21. The molecule has 0 fully saturated rings. The van der Waals surface area contributed by atoms with Crippen molar-refractivity contribution < 1.29 is 29.0 Å².